The summed E-state index contributed by atoms with van der Waals surface area (Å²) < 4.78 is 49.4. The molecule has 1 fully saturated rings. The Hall–Kier alpha value is -2.84. The topological polar surface area (TPSA) is 64.6 Å². The molecule has 1 aliphatic heterocycles. The lowest BCUT2D eigenvalue weighted by molar-refractivity contribution is -0.137. The number of nitrogens with zero attached hydrogens (tertiary/aromatic N) is 3. The van der Waals surface area contributed by atoms with Crippen LogP contribution in [0.4, 0.5) is 13.2 Å². The SMILES string of the molecule is COc1cncc(OC2CCCN(C(=O)c3cccc(C(F)(F)F)c3)C2)n1. The Bertz CT molecular complexity index is 814. The van der Waals surface area contributed by atoms with Crippen molar-refractivity contribution in [1.29, 1.82) is 0 Å². The van der Waals surface area contributed by atoms with Gasteiger partial charge in [-0.05, 0) is 31.0 Å². The van der Waals surface area contributed by atoms with E-state index in [-0.39, 0.29) is 24.1 Å². The average Bonchev–Trinajstić information content (AvgIpc) is 2.67. The van der Waals surface area contributed by atoms with Crippen molar-refractivity contribution < 1.29 is 27.4 Å². The fourth-order valence-corrected chi connectivity index (χ4v) is 2.89. The third-order valence-corrected chi connectivity index (χ3v) is 4.19. The van der Waals surface area contributed by atoms with Gasteiger partial charge in [-0.25, -0.2) is 0 Å². The van der Waals surface area contributed by atoms with E-state index in [1.165, 1.54) is 36.5 Å². The van der Waals surface area contributed by atoms with E-state index in [4.69, 9.17) is 9.47 Å². The third-order valence-electron chi connectivity index (χ3n) is 4.19. The number of ether oxygens (including phenoxy) is 2. The second-order valence-corrected chi connectivity index (χ2v) is 6.11. The molecule has 27 heavy (non-hydrogen) atoms. The number of hydrogen-bond donors (Lipinski definition) is 0. The summed E-state index contributed by atoms with van der Waals surface area (Å²) in [6.07, 6.45) is -0.560. The van der Waals surface area contributed by atoms with Crippen molar-refractivity contribution in [2.75, 3.05) is 20.2 Å². The van der Waals surface area contributed by atoms with Gasteiger partial charge in [-0.15, -0.1) is 0 Å². The highest BCUT2D eigenvalue weighted by molar-refractivity contribution is 5.94. The molecule has 0 radical (unpaired) electrons. The molecule has 1 unspecified atom stereocenters. The predicted octanol–water partition coefficient (Wildman–Crippen LogP) is 3.19. The molecular formula is C18H18F3N3O3. The van der Waals surface area contributed by atoms with E-state index in [9.17, 15) is 18.0 Å². The van der Waals surface area contributed by atoms with E-state index >= 15 is 0 Å². The predicted molar refractivity (Wildman–Crippen MR) is 89.6 cm³/mol. The molecule has 0 bridgehead atoms. The minimum absolute atomic E-state index is 0.00615. The van der Waals surface area contributed by atoms with Crippen LogP contribution in [-0.4, -0.2) is 47.1 Å². The molecule has 1 aromatic carbocycles. The minimum atomic E-state index is -4.49. The highest BCUT2D eigenvalue weighted by Gasteiger charge is 2.32. The normalized spacial score (nSPS) is 17.5. The second kappa shape index (κ2) is 7.81. The van der Waals surface area contributed by atoms with Crippen LogP contribution in [0.15, 0.2) is 36.7 Å². The van der Waals surface area contributed by atoms with Crippen LogP contribution in [0.2, 0.25) is 0 Å². The van der Waals surface area contributed by atoms with E-state index < -0.39 is 17.6 Å². The number of benzene rings is 1. The maximum Gasteiger partial charge on any atom is 0.416 e. The molecule has 1 atom stereocenters. The number of piperidine rings is 1. The molecule has 1 amide bonds. The molecule has 6 nitrogen and oxygen atoms in total. The Balaban J connectivity index is 1.69. The fourth-order valence-electron chi connectivity index (χ4n) is 2.89. The van der Waals surface area contributed by atoms with Gasteiger partial charge in [-0.1, -0.05) is 6.07 Å². The van der Waals surface area contributed by atoms with Gasteiger partial charge < -0.3 is 14.4 Å². The van der Waals surface area contributed by atoms with Gasteiger partial charge in [-0.2, -0.15) is 18.2 Å². The minimum Gasteiger partial charge on any atom is -0.480 e. The number of methoxy groups -OCH3 is 1. The number of rotatable bonds is 4. The number of hydrogen-bond acceptors (Lipinski definition) is 5. The van der Waals surface area contributed by atoms with Crippen LogP contribution >= 0.6 is 0 Å². The Morgan fingerprint density at radius 2 is 2.04 bits per heavy atom. The molecule has 144 valence electrons. The zero-order chi connectivity index (χ0) is 19.4. The zero-order valence-corrected chi connectivity index (χ0v) is 14.6. The van der Waals surface area contributed by atoms with Crippen molar-refractivity contribution in [2.24, 2.45) is 0 Å². The van der Waals surface area contributed by atoms with E-state index in [0.29, 0.717) is 25.3 Å². The largest absolute Gasteiger partial charge is 0.480 e. The van der Waals surface area contributed by atoms with Crippen LogP contribution in [0.5, 0.6) is 11.8 Å². The number of alkyl halides is 3. The van der Waals surface area contributed by atoms with Gasteiger partial charge in [0.1, 0.15) is 6.10 Å². The number of halogens is 3. The number of amides is 1. The van der Waals surface area contributed by atoms with Gasteiger partial charge in [0.05, 0.1) is 31.6 Å². The van der Waals surface area contributed by atoms with Crippen LogP contribution in [0.25, 0.3) is 0 Å². The van der Waals surface area contributed by atoms with E-state index in [1.54, 1.807) is 0 Å². The Labute approximate surface area is 153 Å². The molecule has 1 aliphatic rings. The van der Waals surface area contributed by atoms with Crippen LogP contribution in [0, 0.1) is 0 Å². The van der Waals surface area contributed by atoms with Gasteiger partial charge in [0, 0.05) is 12.1 Å². The van der Waals surface area contributed by atoms with Crippen molar-refractivity contribution in [3.63, 3.8) is 0 Å². The highest BCUT2D eigenvalue weighted by atomic mass is 19.4. The van der Waals surface area contributed by atoms with Crippen LogP contribution in [0.3, 0.4) is 0 Å². The van der Waals surface area contributed by atoms with Crippen LogP contribution in [-0.2, 0) is 6.18 Å². The van der Waals surface area contributed by atoms with Crippen molar-refractivity contribution in [3.8, 4) is 11.8 Å². The van der Waals surface area contributed by atoms with E-state index in [2.05, 4.69) is 9.97 Å². The smallest absolute Gasteiger partial charge is 0.416 e. The monoisotopic (exact) mass is 381 g/mol. The lowest BCUT2D eigenvalue weighted by Crippen LogP contribution is -2.44. The summed E-state index contributed by atoms with van der Waals surface area (Å²) in [4.78, 5) is 22.2. The quantitative estimate of drug-likeness (QED) is 0.814. The van der Waals surface area contributed by atoms with Crippen molar-refractivity contribution in [1.82, 2.24) is 14.9 Å². The number of carbonyl (C=O) groups excluding carboxylic acids is 1. The average molecular weight is 381 g/mol. The summed E-state index contributed by atoms with van der Waals surface area (Å²) in [6.45, 7) is 0.715. The summed E-state index contributed by atoms with van der Waals surface area (Å²) in [5.41, 5.74) is -0.837. The maximum absolute atomic E-state index is 12.9. The number of likely N-dealkylation sites (tertiary alicyclic amines) is 1. The van der Waals surface area contributed by atoms with E-state index in [1.807, 2.05) is 0 Å². The molecule has 0 saturated carbocycles. The molecule has 1 saturated heterocycles. The Kier molecular flexibility index (Phi) is 5.48. The summed E-state index contributed by atoms with van der Waals surface area (Å²) in [7, 11) is 1.46. The molecule has 0 spiro atoms. The fraction of sp³-hybridized carbons (Fsp3) is 0.389. The zero-order valence-electron chi connectivity index (χ0n) is 14.6. The first kappa shape index (κ1) is 18.9. The Morgan fingerprint density at radius 3 is 2.78 bits per heavy atom. The van der Waals surface area contributed by atoms with Gasteiger partial charge in [0.25, 0.3) is 5.91 Å². The second-order valence-electron chi connectivity index (χ2n) is 6.11. The highest BCUT2D eigenvalue weighted by Crippen LogP contribution is 2.30. The Morgan fingerprint density at radius 1 is 1.26 bits per heavy atom. The van der Waals surface area contributed by atoms with Crippen molar-refractivity contribution in [3.05, 3.63) is 47.8 Å². The van der Waals surface area contributed by atoms with Crippen molar-refractivity contribution >= 4 is 5.91 Å². The molecular weight excluding hydrogens is 363 g/mol. The first-order valence-corrected chi connectivity index (χ1v) is 8.36. The lowest BCUT2D eigenvalue weighted by Gasteiger charge is -2.32. The van der Waals surface area contributed by atoms with Gasteiger partial charge in [0.15, 0.2) is 0 Å². The first-order chi connectivity index (χ1) is 12.9. The van der Waals surface area contributed by atoms with Crippen molar-refractivity contribution in [2.45, 2.75) is 25.1 Å². The molecule has 2 heterocycles. The first-order valence-electron chi connectivity index (χ1n) is 8.36. The molecule has 3 rings (SSSR count). The summed E-state index contributed by atoms with van der Waals surface area (Å²) in [5.74, 6) is 0.124. The van der Waals surface area contributed by atoms with Crippen LogP contribution < -0.4 is 9.47 Å². The standard InChI is InChI=1S/C18H18F3N3O3/c1-26-15-9-22-10-16(23-15)27-14-6-3-7-24(11-14)17(25)12-4-2-5-13(8-12)18(19,20)21/h2,4-5,8-10,14H,3,6-7,11H2,1H3. The number of carbonyl (C=O) groups is 1. The molecule has 0 N–H and O–H groups in total. The van der Waals surface area contributed by atoms with E-state index in [0.717, 1.165) is 12.1 Å². The lowest BCUT2D eigenvalue weighted by atomic mass is 10.1. The molecule has 1 aromatic heterocycles. The maximum atomic E-state index is 12.9. The summed E-state index contributed by atoms with van der Waals surface area (Å²) in [6, 6.07) is 4.44. The molecule has 2 aromatic rings. The molecule has 0 aliphatic carbocycles. The van der Waals surface area contributed by atoms with Gasteiger partial charge >= 0.3 is 6.18 Å². The van der Waals surface area contributed by atoms with Crippen LogP contribution in [0.1, 0.15) is 28.8 Å². The van der Waals surface area contributed by atoms with Gasteiger partial charge in [-0.3, -0.25) is 9.78 Å². The number of aromatic nitrogens is 2. The third kappa shape index (κ3) is 4.66. The summed E-state index contributed by atoms with van der Waals surface area (Å²) in [5, 5.41) is 0. The molecule has 9 heteroatoms. The summed E-state index contributed by atoms with van der Waals surface area (Å²) >= 11 is 0. The van der Waals surface area contributed by atoms with Gasteiger partial charge in [0.2, 0.25) is 11.8 Å².